The van der Waals surface area contributed by atoms with Crippen LogP contribution in [0.1, 0.15) is 73.9 Å². The number of nitrogens with two attached hydrogens (primary N) is 1. The molecule has 1 saturated carbocycles. The number of oxazole rings is 1. The Labute approximate surface area is 188 Å². The second-order valence-corrected chi connectivity index (χ2v) is 10.8. The number of urea groups is 1. The zero-order chi connectivity index (χ0) is 22.9. The molecule has 2 aromatic rings. The molecule has 1 aromatic heterocycles. The number of benzene rings is 1. The van der Waals surface area contributed by atoms with Crippen molar-refractivity contribution in [3.8, 4) is 0 Å². The van der Waals surface area contributed by atoms with Crippen molar-refractivity contribution in [2.75, 3.05) is 6.26 Å². The van der Waals surface area contributed by atoms with Gasteiger partial charge < -0.3 is 10.2 Å². The summed E-state index contributed by atoms with van der Waals surface area (Å²) in [7, 11) is -3.21. The third-order valence-electron chi connectivity index (χ3n) is 6.55. The second kappa shape index (κ2) is 9.07. The number of primary amides is 1. The molecule has 3 unspecified atom stereocenters. The fraction of sp³-hybridized carbons (Fsp3) is 0.478. The molecule has 0 spiro atoms. The van der Waals surface area contributed by atoms with E-state index in [2.05, 4.69) is 6.08 Å². The highest BCUT2D eigenvalue weighted by Gasteiger charge is 2.32. The Bertz CT molecular complexity index is 1110. The fourth-order valence-corrected chi connectivity index (χ4v) is 5.41. The first-order valence-electron chi connectivity index (χ1n) is 10.9. The molecule has 2 aliphatic rings. The van der Waals surface area contributed by atoms with E-state index in [1.54, 1.807) is 18.4 Å². The number of hydroxylamine groups is 2. The van der Waals surface area contributed by atoms with E-state index in [-0.39, 0.29) is 17.9 Å². The molecule has 3 atom stereocenters. The highest BCUT2D eigenvalue weighted by Crippen LogP contribution is 2.39. The quantitative estimate of drug-likeness (QED) is 0.509. The number of nitrogens with zero attached hydrogens (tertiary/aromatic N) is 2. The Hall–Kier alpha value is -2.65. The van der Waals surface area contributed by atoms with Gasteiger partial charge in [0.05, 0.1) is 16.6 Å². The molecule has 0 bridgehead atoms. The van der Waals surface area contributed by atoms with Crippen LogP contribution in [-0.2, 0) is 9.84 Å². The number of carbonyl (C=O) groups is 1. The number of rotatable bonds is 5. The Morgan fingerprint density at radius 1 is 1.19 bits per heavy atom. The number of aromatic nitrogens is 1. The molecule has 8 nitrogen and oxygen atoms in total. The van der Waals surface area contributed by atoms with Crippen molar-refractivity contribution in [3.05, 3.63) is 53.8 Å². The van der Waals surface area contributed by atoms with Crippen molar-refractivity contribution < 1.29 is 22.8 Å². The van der Waals surface area contributed by atoms with E-state index in [4.69, 9.17) is 15.1 Å². The molecule has 0 aliphatic heterocycles. The standard InChI is InChI=1S/C23H29N3O5S/c1-32(29,30)20-10-8-15(9-11-20)16-4-2-5-17(12-16)21-14-31-22(25-21)18-6-3-7-19(13-18)26(28)23(24)27/h4,8-11,14,17-19,28H,2-3,5-7,12-13H2,1H3,(H2,24,27). The van der Waals surface area contributed by atoms with Crippen LogP contribution in [0, 0.1) is 0 Å². The summed E-state index contributed by atoms with van der Waals surface area (Å²) in [6.45, 7) is 0. The molecular weight excluding hydrogens is 430 g/mol. The first-order chi connectivity index (χ1) is 15.2. The minimum absolute atomic E-state index is 0.0404. The fourth-order valence-electron chi connectivity index (χ4n) is 4.78. The molecule has 4 rings (SSSR count). The van der Waals surface area contributed by atoms with Crippen LogP contribution in [0.15, 0.2) is 45.9 Å². The molecule has 2 amide bonds. The van der Waals surface area contributed by atoms with Crippen molar-refractivity contribution in [2.45, 2.75) is 67.7 Å². The number of carbonyl (C=O) groups excluding carboxylic acids is 1. The Balaban J connectivity index is 1.44. The molecular formula is C23H29N3O5S. The maximum atomic E-state index is 11.7. The monoisotopic (exact) mass is 459 g/mol. The van der Waals surface area contributed by atoms with Gasteiger partial charge in [-0.1, -0.05) is 24.6 Å². The van der Waals surface area contributed by atoms with E-state index in [9.17, 15) is 18.4 Å². The van der Waals surface area contributed by atoms with E-state index < -0.39 is 15.9 Å². The average Bonchev–Trinajstić information content (AvgIpc) is 3.29. The summed E-state index contributed by atoms with van der Waals surface area (Å²) in [6.07, 6.45) is 10.9. The van der Waals surface area contributed by atoms with Gasteiger partial charge in [-0.2, -0.15) is 0 Å². The van der Waals surface area contributed by atoms with Gasteiger partial charge in [0, 0.05) is 18.1 Å². The molecule has 1 fully saturated rings. The van der Waals surface area contributed by atoms with Gasteiger partial charge in [0.15, 0.2) is 15.7 Å². The highest BCUT2D eigenvalue weighted by atomic mass is 32.2. The molecule has 172 valence electrons. The smallest absolute Gasteiger partial charge is 0.338 e. The minimum Gasteiger partial charge on any atom is -0.448 e. The summed E-state index contributed by atoms with van der Waals surface area (Å²) in [5.74, 6) is 0.913. The van der Waals surface area contributed by atoms with Crippen molar-refractivity contribution in [1.29, 1.82) is 0 Å². The van der Waals surface area contributed by atoms with Gasteiger partial charge in [0.25, 0.3) is 0 Å². The van der Waals surface area contributed by atoms with Gasteiger partial charge >= 0.3 is 6.03 Å². The van der Waals surface area contributed by atoms with Crippen molar-refractivity contribution in [3.63, 3.8) is 0 Å². The topological polar surface area (TPSA) is 127 Å². The molecule has 32 heavy (non-hydrogen) atoms. The van der Waals surface area contributed by atoms with Gasteiger partial charge in [-0.25, -0.2) is 23.3 Å². The van der Waals surface area contributed by atoms with Gasteiger partial charge in [-0.15, -0.1) is 0 Å². The second-order valence-electron chi connectivity index (χ2n) is 8.82. The number of sulfone groups is 1. The van der Waals surface area contributed by atoms with E-state index in [1.165, 1.54) is 11.8 Å². The maximum absolute atomic E-state index is 11.7. The predicted molar refractivity (Wildman–Crippen MR) is 119 cm³/mol. The minimum atomic E-state index is -3.21. The summed E-state index contributed by atoms with van der Waals surface area (Å²) in [4.78, 5) is 16.4. The van der Waals surface area contributed by atoms with E-state index in [1.807, 2.05) is 12.1 Å². The summed E-state index contributed by atoms with van der Waals surface area (Å²) < 4.78 is 29.2. The molecule has 0 radical (unpaired) electrons. The predicted octanol–water partition coefficient (Wildman–Crippen LogP) is 4.23. The lowest BCUT2D eigenvalue weighted by atomic mass is 9.84. The normalized spacial score (nSPS) is 24.1. The Morgan fingerprint density at radius 3 is 2.62 bits per heavy atom. The number of hydrogen-bond acceptors (Lipinski definition) is 6. The van der Waals surface area contributed by atoms with Crippen LogP contribution in [0.3, 0.4) is 0 Å². The zero-order valence-corrected chi connectivity index (χ0v) is 18.9. The van der Waals surface area contributed by atoms with Gasteiger partial charge in [-0.3, -0.25) is 5.21 Å². The molecule has 9 heteroatoms. The maximum Gasteiger partial charge on any atom is 0.338 e. The van der Waals surface area contributed by atoms with E-state index >= 15 is 0 Å². The molecule has 1 aromatic carbocycles. The van der Waals surface area contributed by atoms with Crippen LogP contribution >= 0.6 is 0 Å². The van der Waals surface area contributed by atoms with Crippen LogP contribution in [0.5, 0.6) is 0 Å². The van der Waals surface area contributed by atoms with Crippen molar-refractivity contribution in [2.24, 2.45) is 5.73 Å². The van der Waals surface area contributed by atoms with Gasteiger partial charge in [-0.05, 0) is 61.8 Å². The first-order valence-corrected chi connectivity index (χ1v) is 12.8. The molecule has 1 heterocycles. The Morgan fingerprint density at radius 2 is 1.94 bits per heavy atom. The van der Waals surface area contributed by atoms with Crippen LogP contribution in [-0.4, -0.2) is 42.0 Å². The lowest BCUT2D eigenvalue weighted by Crippen LogP contribution is -2.43. The summed E-state index contributed by atoms with van der Waals surface area (Å²) in [5, 5.41) is 10.5. The largest absolute Gasteiger partial charge is 0.448 e. The molecule has 3 N–H and O–H groups in total. The van der Waals surface area contributed by atoms with E-state index in [0.29, 0.717) is 28.7 Å². The lowest BCUT2D eigenvalue weighted by Gasteiger charge is -2.31. The Kier molecular flexibility index (Phi) is 6.39. The first kappa shape index (κ1) is 22.5. The summed E-state index contributed by atoms with van der Waals surface area (Å²) in [5.41, 5.74) is 8.32. The highest BCUT2D eigenvalue weighted by molar-refractivity contribution is 7.90. The van der Waals surface area contributed by atoms with Crippen molar-refractivity contribution >= 4 is 21.4 Å². The van der Waals surface area contributed by atoms with Crippen LogP contribution in [0.25, 0.3) is 5.57 Å². The summed E-state index contributed by atoms with van der Waals surface area (Å²) >= 11 is 0. The summed E-state index contributed by atoms with van der Waals surface area (Å²) in [6, 6.07) is 5.87. The molecule has 2 aliphatic carbocycles. The van der Waals surface area contributed by atoms with E-state index in [0.717, 1.165) is 43.4 Å². The van der Waals surface area contributed by atoms with Crippen LogP contribution in [0.2, 0.25) is 0 Å². The van der Waals surface area contributed by atoms with Gasteiger partial charge in [0.1, 0.15) is 6.26 Å². The zero-order valence-electron chi connectivity index (χ0n) is 18.1. The lowest BCUT2D eigenvalue weighted by molar-refractivity contribution is -0.0865. The number of allylic oxidation sites excluding steroid dienone is 2. The van der Waals surface area contributed by atoms with Crippen LogP contribution < -0.4 is 5.73 Å². The number of hydrogen-bond donors (Lipinski definition) is 2. The van der Waals surface area contributed by atoms with Crippen molar-refractivity contribution in [1.82, 2.24) is 10.0 Å². The van der Waals surface area contributed by atoms with Crippen LogP contribution in [0.4, 0.5) is 4.79 Å². The van der Waals surface area contributed by atoms with Gasteiger partial charge in [0.2, 0.25) is 0 Å². The third-order valence-corrected chi connectivity index (χ3v) is 7.68. The number of amides is 2. The molecule has 0 saturated heterocycles. The average molecular weight is 460 g/mol. The third kappa shape index (κ3) is 4.88. The SMILES string of the molecule is CS(=O)(=O)c1ccc(C2=CCCC(c3coc(C4CCCC(N(O)C(N)=O)C4)n3)C2)cc1.